The van der Waals surface area contributed by atoms with Gasteiger partial charge in [-0.05, 0) is 229 Å². The van der Waals surface area contributed by atoms with Crippen molar-refractivity contribution in [1.29, 1.82) is 0 Å². The van der Waals surface area contributed by atoms with Gasteiger partial charge in [0, 0.05) is 38.3 Å². The van der Waals surface area contributed by atoms with Crippen LogP contribution < -0.4 is 0 Å². The number of halogens is 20. The first-order valence-corrected chi connectivity index (χ1v) is 28.1. The minimum absolute atomic E-state index is 0.0810. The molecular formula is C70H60Cl5F15. The highest BCUT2D eigenvalue weighted by Gasteiger charge is 2.04. The molecule has 0 bridgehead atoms. The first kappa shape index (κ1) is 80.6. The molecule has 0 heterocycles. The van der Waals surface area contributed by atoms with Gasteiger partial charge >= 0.3 is 0 Å². The van der Waals surface area contributed by atoms with Crippen molar-refractivity contribution in [2.24, 2.45) is 0 Å². The number of hydrogen-bond donors (Lipinski definition) is 0. The largest absolute Gasteiger partial charge is 0.207 e. The van der Waals surface area contributed by atoms with Gasteiger partial charge in [-0.2, -0.15) is 0 Å². The van der Waals surface area contributed by atoms with E-state index < -0.39 is 52.4 Å². The smallest absolute Gasteiger partial charge is 0.159 e. The van der Waals surface area contributed by atoms with Gasteiger partial charge in [0.1, 0.15) is 75.6 Å². The summed E-state index contributed by atoms with van der Waals surface area (Å²) in [5.41, 5.74) is 5.31. The molecule has 0 aliphatic rings. The average molecular weight is 1360 g/mol. The molecule has 0 radical (unpaired) electrons. The van der Waals surface area contributed by atoms with Crippen molar-refractivity contribution < 1.29 is 65.9 Å². The van der Waals surface area contributed by atoms with Gasteiger partial charge in [0.05, 0.1) is 10.0 Å². The summed E-state index contributed by atoms with van der Waals surface area (Å²) in [6.45, 7) is 16.4. The molecule has 0 atom stereocenters. The maximum absolute atomic E-state index is 12.6. The second kappa shape index (κ2) is 41.8. The molecule has 0 fully saturated rings. The quantitative estimate of drug-likeness (QED) is 0.133. The van der Waals surface area contributed by atoms with Gasteiger partial charge in [0.25, 0.3) is 0 Å². The lowest BCUT2D eigenvalue weighted by Crippen LogP contribution is -1.85. The van der Waals surface area contributed by atoms with Crippen molar-refractivity contribution in [1.82, 2.24) is 0 Å². The summed E-state index contributed by atoms with van der Waals surface area (Å²) in [5, 5.41) is 1.91. The summed E-state index contributed by atoms with van der Waals surface area (Å²) in [6, 6.07) is 41.4. The van der Waals surface area contributed by atoms with Gasteiger partial charge in [-0.25, -0.2) is 65.9 Å². The highest BCUT2D eigenvalue weighted by atomic mass is 35.5. The van der Waals surface area contributed by atoms with Crippen LogP contribution in [0.3, 0.4) is 0 Å². The Balaban J connectivity index is 0.000000500. The monoisotopic (exact) mass is 1360 g/mol. The summed E-state index contributed by atoms with van der Waals surface area (Å²) in [5.74, 6) is -6.75. The highest BCUT2D eigenvalue weighted by molar-refractivity contribution is 6.32. The fourth-order valence-electron chi connectivity index (χ4n) is 6.03. The normalized spacial score (nSPS) is 9.67. The Labute approximate surface area is 540 Å². The Kier molecular flexibility index (Phi) is 37.4. The summed E-state index contributed by atoms with van der Waals surface area (Å²) >= 11 is 27.5. The van der Waals surface area contributed by atoms with Crippen LogP contribution in [0.1, 0.15) is 55.6 Å². The molecule has 0 amide bonds. The molecule has 90 heavy (non-hydrogen) atoms. The van der Waals surface area contributed by atoms with Crippen molar-refractivity contribution >= 4 is 58.0 Å². The van der Waals surface area contributed by atoms with E-state index in [1.165, 1.54) is 98.8 Å². The third-order valence-electron chi connectivity index (χ3n) is 11.3. The Hall–Kier alpha value is -7.40. The Morgan fingerprint density at radius 1 is 0.222 bits per heavy atom. The zero-order valence-corrected chi connectivity index (χ0v) is 53.7. The fraction of sp³-hybridized carbons (Fsp3) is 0.143. The Morgan fingerprint density at radius 2 is 0.633 bits per heavy atom. The number of hydrogen-bond acceptors (Lipinski definition) is 0. The molecule has 0 spiro atoms. The zero-order valence-electron chi connectivity index (χ0n) is 49.9. The summed E-state index contributed by atoms with van der Waals surface area (Å²) in [7, 11) is 0. The molecule has 0 saturated heterocycles. The van der Waals surface area contributed by atoms with E-state index in [2.05, 4.69) is 0 Å². The molecule has 0 aromatic heterocycles. The van der Waals surface area contributed by atoms with Crippen LogP contribution in [-0.4, -0.2) is 0 Å². The molecular weight excluding hydrogens is 1300 g/mol. The molecule has 0 N–H and O–H groups in total. The van der Waals surface area contributed by atoms with E-state index in [1.807, 2.05) is 0 Å². The third-order valence-corrected chi connectivity index (χ3v) is 12.9. The standard InChI is InChI=1S/5C7H6ClF.5C7H6F2/c1-5-4-6(8)2-3-7(5)9;1-5-2-3-6(8)4-7(5)9;1-5-6(8)3-2-4-7(5)9;1-5-3-2-4-6(9)7(5)8;1-5-3-2-4-6(8)7(5)9;1-5-2-6(8)4-7(9)3-5;1-5-4-6(8)2-3-7(5)9;1-5-2-3-6(8)4-7(5)9;1-5-2-3-6(8)7(9)4-5;1-5-6(8)3-2-4-7(5)9/h10*2-4H,1H3. The second-order valence-corrected chi connectivity index (χ2v) is 20.9. The van der Waals surface area contributed by atoms with Gasteiger partial charge in [-0.15, -0.1) is 0 Å². The minimum Gasteiger partial charge on any atom is -0.207 e. The molecule has 0 aliphatic carbocycles. The van der Waals surface area contributed by atoms with E-state index >= 15 is 0 Å². The molecule has 0 saturated carbocycles. The van der Waals surface area contributed by atoms with Crippen LogP contribution in [0.4, 0.5) is 65.9 Å². The molecule has 0 nitrogen and oxygen atoms in total. The molecule has 10 rings (SSSR count). The summed E-state index contributed by atoms with van der Waals surface area (Å²) < 4.78 is 185. The first-order chi connectivity index (χ1) is 42.0. The molecule has 0 unspecified atom stereocenters. The van der Waals surface area contributed by atoms with Gasteiger partial charge in [0.2, 0.25) is 0 Å². The van der Waals surface area contributed by atoms with Crippen LogP contribution in [0.25, 0.3) is 0 Å². The lowest BCUT2D eigenvalue weighted by Gasteiger charge is -1.95. The predicted octanol–water partition coefficient (Wildman–Crippen LogP) is 25.3. The fourth-order valence-corrected chi connectivity index (χ4v) is 6.93. The van der Waals surface area contributed by atoms with E-state index in [1.54, 1.807) is 110 Å². The van der Waals surface area contributed by atoms with Gasteiger partial charge in [-0.3, -0.25) is 0 Å². The topological polar surface area (TPSA) is 0 Å². The van der Waals surface area contributed by atoms with E-state index in [0.29, 0.717) is 54.0 Å². The molecule has 20 heteroatoms. The Morgan fingerprint density at radius 3 is 1.02 bits per heavy atom. The molecule has 480 valence electrons. The summed E-state index contributed by atoms with van der Waals surface area (Å²) in [6.07, 6.45) is 0. The zero-order chi connectivity index (χ0) is 68.5. The Bertz CT molecular complexity index is 3230. The maximum Gasteiger partial charge on any atom is 0.159 e. The van der Waals surface area contributed by atoms with Crippen LogP contribution in [0.15, 0.2) is 182 Å². The lowest BCUT2D eigenvalue weighted by molar-refractivity contribution is 0.508. The number of aryl methyl sites for hydroxylation is 8. The number of benzene rings is 10. The van der Waals surface area contributed by atoms with Crippen LogP contribution in [0.2, 0.25) is 25.1 Å². The number of rotatable bonds is 0. The van der Waals surface area contributed by atoms with Crippen molar-refractivity contribution in [2.75, 3.05) is 0 Å². The van der Waals surface area contributed by atoms with E-state index in [9.17, 15) is 65.9 Å². The van der Waals surface area contributed by atoms with Crippen molar-refractivity contribution in [3.63, 3.8) is 0 Å². The predicted molar refractivity (Wildman–Crippen MR) is 336 cm³/mol. The first-order valence-electron chi connectivity index (χ1n) is 26.2. The minimum atomic E-state index is -0.791. The molecule has 10 aromatic rings. The van der Waals surface area contributed by atoms with E-state index in [-0.39, 0.29) is 50.5 Å². The maximum atomic E-state index is 12.6. The SMILES string of the molecule is Cc1c(F)cccc1Cl.Cc1c(F)cccc1F.Cc1cc(Cl)ccc1F.Cc1cc(F)cc(F)c1.Cc1cc(F)ccc1F.Cc1ccc(Cl)cc1F.Cc1ccc(F)c(F)c1.Cc1ccc(F)cc1F.Cc1cccc(Cl)c1F.Cc1cccc(F)c1Cl. The van der Waals surface area contributed by atoms with Gasteiger partial charge < -0.3 is 0 Å². The van der Waals surface area contributed by atoms with Crippen LogP contribution >= 0.6 is 58.0 Å². The average Bonchev–Trinajstić information content (AvgIpc) is 3.69. The van der Waals surface area contributed by atoms with Crippen molar-refractivity contribution in [2.45, 2.75) is 69.2 Å². The van der Waals surface area contributed by atoms with Crippen LogP contribution in [-0.2, 0) is 0 Å². The van der Waals surface area contributed by atoms with Crippen LogP contribution in [0, 0.1) is 156 Å². The molecule has 0 aliphatic heterocycles. The van der Waals surface area contributed by atoms with Gasteiger partial charge in [0.15, 0.2) is 11.6 Å². The molecule has 10 aromatic carbocycles. The van der Waals surface area contributed by atoms with E-state index in [0.717, 1.165) is 53.6 Å². The van der Waals surface area contributed by atoms with E-state index in [4.69, 9.17) is 58.0 Å². The van der Waals surface area contributed by atoms with Crippen molar-refractivity contribution in [3.8, 4) is 0 Å². The highest BCUT2D eigenvalue weighted by Crippen LogP contribution is 2.20. The third kappa shape index (κ3) is 32.4. The summed E-state index contributed by atoms with van der Waals surface area (Å²) in [4.78, 5) is 0. The van der Waals surface area contributed by atoms with Crippen LogP contribution in [0.5, 0.6) is 0 Å². The lowest BCUT2D eigenvalue weighted by atomic mass is 10.2. The second-order valence-electron chi connectivity index (χ2n) is 18.9. The van der Waals surface area contributed by atoms with Gasteiger partial charge in [-0.1, -0.05) is 113 Å². The van der Waals surface area contributed by atoms with Crippen molar-refractivity contribution in [3.05, 3.63) is 350 Å².